The first-order valence-corrected chi connectivity index (χ1v) is 3.72. The van der Waals surface area contributed by atoms with Crippen molar-refractivity contribution < 1.29 is 19.4 Å². The van der Waals surface area contributed by atoms with Gasteiger partial charge in [0.2, 0.25) is 6.10 Å². The van der Waals surface area contributed by atoms with Gasteiger partial charge in [-0.2, -0.15) is 0 Å². The molecule has 5 heteroatoms. The van der Waals surface area contributed by atoms with Crippen molar-refractivity contribution in [2.24, 2.45) is 0 Å². The largest absolute Gasteiger partial charge is 0.449 e. The molecule has 1 saturated heterocycles. The fourth-order valence-corrected chi connectivity index (χ4v) is 0.934. The molecule has 2 atom stereocenters. The van der Waals surface area contributed by atoms with Crippen LogP contribution in [0.2, 0.25) is 0 Å². The highest BCUT2D eigenvalue weighted by Crippen LogP contribution is 2.09. The molecule has 0 radical (unpaired) electrons. The summed E-state index contributed by atoms with van der Waals surface area (Å²) in [6.45, 7) is 0.946. The summed E-state index contributed by atoms with van der Waals surface area (Å²) in [5, 5.41) is 10.8. The number of nitrogens with one attached hydrogen (secondary N) is 1. The normalized spacial score (nSPS) is 24.9. The van der Waals surface area contributed by atoms with Gasteiger partial charge in [0.25, 0.3) is 5.91 Å². The van der Waals surface area contributed by atoms with E-state index in [9.17, 15) is 9.59 Å². The number of ether oxygens (including phenoxy) is 1. The molecule has 1 heterocycles. The second-order valence-corrected chi connectivity index (χ2v) is 2.50. The number of carbonyl (C=O) groups is 2. The van der Waals surface area contributed by atoms with E-state index < -0.39 is 18.1 Å². The molecule has 0 aromatic heterocycles. The fourth-order valence-electron chi connectivity index (χ4n) is 0.934. The minimum Gasteiger partial charge on any atom is -0.449 e. The average molecular weight is 183 g/mol. The van der Waals surface area contributed by atoms with Gasteiger partial charge in [-0.1, -0.05) is 11.8 Å². The van der Waals surface area contributed by atoms with Crippen LogP contribution in [0.15, 0.2) is 0 Å². The lowest BCUT2D eigenvalue weighted by Crippen LogP contribution is -2.63. The van der Waals surface area contributed by atoms with Gasteiger partial charge in [0.15, 0.2) is 0 Å². The minimum absolute atomic E-state index is 0.279. The lowest BCUT2D eigenvalue weighted by molar-refractivity contribution is -0.162. The summed E-state index contributed by atoms with van der Waals surface area (Å²) in [7, 11) is 0. The van der Waals surface area contributed by atoms with Crippen molar-refractivity contribution in [3.8, 4) is 11.8 Å². The predicted octanol–water partition coefficient (Wildman–Crippen LogP) is -1.59. The Balaban J connectivity index is 2.51. The van der Waals surface area contributed by atoms with E-state index in [1.165, 1.54) is 6.92 Å². The van der Waals surface area contributed by atoms with Gasteiger partial charge in [0.1, 0.15) is 12.6 Å². The molecule has 0 saturated carbocycles. The molecule has 1 aliphatic rings. The van der Waals surface area contributed by atoms with Crippen LogP contribution in [0.25, 0.3) is 0 Å². The number of rotatable bonds is 1. The standard InChI is InChI=1S/C8H9NO4/c1-5(11)13-7-6(3-2-4-10)9-8(7)12/h6-7,10H,4H2,1H3,(H,9,12). The van der Waals surface area contributed by atoms with Crippen molar-refractivity contribution in [2.75, 3.05) is 6.61 Å². The number of amides is 1. The third-order valence-electron chi connectivity index (χ3n) is 1.49. The van der Waals surface area contributed by atoms with Crippen LogP contribution in [-0.2, 0) is 14.3 Å². The van der Waals surface area contributed by atoms with E-state index in [1.54, 1.807) is 0 Å². The highest BCUT2D eigenvalue weighted by atomic mass is 16.6. The van der Waals surface area contributed by atoms with Crippen LogP contribution in [0.5, 0.6) is 0 Å². The zero-order chi connectivity index (χ0) is 9.84. The van der Waals surface area contributed by atoms with Gasteiger partial charge < -0.3 is 15.2 Å². The molecule has 0 aromatic rings. The number of aliphatic hydroxyl groups is 1. The number of esters is 1. The van der Waals surface area contributed by atoms with Crippen molar-refractivity contribution >= 4 is 11.9 Å². The number of carbonyl (C=O) groups excluding carboxylic acids is 2. The molecular weight excluding hydrogens is 174 g/mol. The molecule has 2 unspecified atom stereocenters. The van der Waals surface area contributed by atoms with E-state index >= 15 is 0 Å². The Bertz CT molecular complexity index is 288. The highest BCUT2D eigenvalue weighted by Gasteiger charge is 2.40. The Labute approximate surface area is 75.1 Å². The molecule has 1 amide bonds. The number of aliphatic hydroxyl groups excluding tert-OH is 1. The summed E-state index contributed by atoms with van der Waals surface area (Å²) in [4.78, 5) is 21.3. The molecule has 1 fully saturated rings. The first kappa shape index (κ1) is 9.55. The quantitative estimate of drug-likeness (QED) is 0.292. The van der Waals surface area contributed by atoms with Gasteiger partial charge in [-0.15, -0.1) is 0 Å². The van der Waals surface area contributed by atoms with E-state index in [4.69, 9.17) is 5.11 Å². The van der Waals surface area contributed by atoms with Crippen LogP contribution >= 0.6 is 0 Å². The average Bonchev–Trinajstić information content (AvgIpc) is 2.08. The van der Waals surface area contributed by atoms with Crippen LogP contribution < -0.4 is 5.32 Å². The molecule has 0 aromatic carbocycles. The Kier molecular flexibility index (Phi) is 2.88. The molecule has 13 heavy (non-hydrogen) atoms. The second-order valence-electron chi connectivity index (χ2n) is 2.50. The molecule has 70 valence electrons. The zero-order valence-electron chi connectivity index (χ0n) is 7.03. The van der Waals surface area contributed by atoms with Crippen molar-refractivity contribution in [1.29, 1.82) is 0 Å². The lowest BCUT2D eigenvalue weighted by Gasteiger charge is -2.31. The van der Waals surface area contributed by atoms with Crippen LogP contribution in [0.3, 0.4) is 0 Å². The fraction of sp³-hybridized carbons (Fsp3) is 0.500. The molecule has 0 aliphatic carbocycles. The van der Waals surface area contributed by atoms with Crippen molar-refractivity contribution in [3.05, 3.63) is 0 Å². The van der Waals surface area contributed by atoms with E-state index in [0.717, 1.165) is 0 Å². The van der Waals surface area contributed by atoms with Crippen LogP contribution in [0.1, 0.15) is 6.92 Å². The van der Waals surface area contributed by atoms with Crippen LogP contribution in [-0.4, -0.2) is 35.7 Å². The molecule has 1 rings (SSSR count). The maximum absolute atomic E-state index is 10.8. The predicted molar refractivity (Wildman–Crippen MR) is 42.3 cm³/mol. The Morgan fingerprint density at radius 3 is 2.92 bits per heavy atom. The first-order chi connectivity index (χ1) is 6.15. The molecule has 0 spiro atoms. The number of hydrogen-bond donors (Lipinski definition) is 2. The SMILES string of the molecule is CC(=O)OC1C(=O)NC1C#CCO. The molecule has 0 bridgehead atoms. The minimum atomic E-state index is -0.823. The van der Waals surface area contributed by atoms with Crippen LogP contribution in [0, 0.1) is 11.8 Å². The summed E-state index contributed by atoms with van der Waals surface area (Å²) in [5.41, 5.74) is 0. The zero-order valence-corrected chi connectivity index (χ0v) is 7.03. The molecule has 5 nitrogen and oxygen atoms in total. The van der Waals surface area contributed by atoms with E-state index in [1.807, 2.05) is 0 Å². The third-order valence-corrected chi connectivity index (χ3v) is 1.49. The van der Waals surface area contributed by atoms with Crippen LogP contribution in [0.4, 0.5) is 0 Å². The third kappa shape index (κ3) is 2.20. The highest BCUT2D eigenvalue weighted by molar-refractivity contribution is 5.91. The summed E-state index contributed by atoms with van der Waals surface area (Å²) in [5.74, 6) is 4.05. The molecule has 2 N–H and O–H groups in total. The smallest absolute Gasteiger partial charge is 0.303 e. The van der Waals surface area contributed by atoms with Crippen molar-refractivity contribution in [1.82, 2.24) is 5.32 Å². The topological polar surface area (TPSA) is 75.6 Å². The molecular formula is C8H9NO4. The summed E-state index contributed by atoms with van der Waals surface area (Å²) in [6, 6.07) is -0.483. The van der Waals surface area contributed by atoms with Gasteiger partial charge in [0.05, 0.1) is 0 Å². The van der Waals surface area contributed by atoms with Crippen molar-refractivity contribution in [3.63, 3.8) is 0 Å². The van der Waals surface area contributed by atoms with Crippen molar-refractivity contribution in [2.45, 2.75) is 19.1 Å². The Morgan fingerprint density at radius 1 is 1.77 bits per heavy atom. The Hall–Kier alpha value is -1.54. The summed E-state index contributed by atoms with van der Waals surface area (Å²) in [6.07, 6.45) is -0.823. The van der Waals surface area contributed by atoms with E-state index in [2.05, 4.69) is 21.9 Å². The monoisotopic (exact) mass is 183 g/mol. The first-order valence-electron chi connectivity index (χ1n) is 3.72. The van der Waals surface area contributed by atoms with E-state index in [-0.39, 0.29) is 12.5 Å². The maximum Gasteiger partial charge on any atom is 0.303 e. The van der Waals surface area contributed by atoms with Gasteiger partial charge in [-0.3, -0.25) is 9.59 Å². The van der Waals surface area contributed by atoms with E-state index in [0.29, 0.717) is 0 Å². The lowest BCUT2D eigenvalue weighted by atomic mass is 10.0. The Morgan fingerprint density at radius 2 is 2.46 bits per heavy atom. The van der Waals surface area contributed by atoms with Gasteiger partial charge >= 0.3 is 5.97 Å². The number of hydrogen-bond acceptors (Lipinski definition) is 4. The second kappa shape index (κ2) is 3.92. The number of β-lactam (4-membered cyclic amide) rings is 1. The summed E-state index contributed by atoms with van der Waals surface area (Å²) >= 11 is 0. The molecule has 1 aliphatic heterocycles. The van der Waals surface area contributed by atoms with Gasteiger partial charge in [-0.25, -0.2) is 0 Å². The van der Waals surface area contributed by atoms with Gasteiger partial charge in [-0.05, 0) is 0 Å². The van der Waals surface area contributed by atoms with Gasteiger partial charge in [0, 0.05) is 6.92 Å². The summed E-state index contributed by atoms with van der Waals surface area (Å²) < 4.78 is 4.67. The maximum atomic E-state index is 10.8.